The van der Waals surface area contributed by atoms with Gasteiger partial charge in [0, 0.05) is 35.6 Å². The predicted molar refractivity (Wildman–Crippen MR) is 116 cm³/mol. The van der Waals surface area contributed by atoms with Gasteiger partial charge in [-0.2, -0.15) is 10.4 Å². The summed E-state index contributed by atoms with van der Waals surface area (Å²) in [7, 11) is 0. The van der Waals surface area contributed by atoms with E-state index in [-0.39, 0.29) is 11.8 Å². The molecule has 1 amide bonds. The number of hydrogen-bond acceptors (Lipinski definition) is 7. The Morgan fingerprint density at radius 3 is 2.84 bits per heavy atom. The summed E-state index contributed by atoms with van der Waals surface area (Å²) in [6, 6.07) is 7.59. The average Bonchev–Trinajstić information content (AvgIpc) is 3.45. The van der Waals surface area contributed by atoms with E-state index in [1.54, 1.807) is 30.9 Å². The van der Waals surface area contributed by atoms with Crippen molar-refractivity contribution in [2.24, 2.45) is 5.92 Å². The highest BCUT2D eigenvalue weighted by Crippen LogP contribution is 2.32. The van der Waals surface area contributed by atoms with Crippen molar-refractivity contribution < 1.29 is 4.79 Å². The number of fused-ring (bicyclic) bond motifs is 2. The standard InChI is InChI=1S/C22H15N9O/c23-7-12-3-4-25-20-17(12)28-21(29-20)18-16-6-14(9-26-19(16)31-30-18)13-5-15(10-24-8-13)27-22(32)11-1-2-11/h3-6,8-11H,1-2H2,(H,27,32)(H,25,28,29)(H,26,30,31). The molecule has 1 saturated carbocycles. The van der Waals surface area contributed by atoms with Crippen molar-refractivity contribution in [1.82, 2.24) is 35.1 Å². The molecule has 5 heterocycles. The van der Waals surface area contributed by atoms with Crippen LogP contribution in [0.15, 0.2) is 43.0 Å². The first kappa shape index (κ1) is 18.1. The molecule has 0 atom stereocenters. The second kappa shape index (κ2) is 6.95. The third kappa shape index (κ3) is 3.04. The molecule has 0 radical (unpaired) electrons. The van der Waals surface area contributed by atoms with Gasteiger partial charge in [-0.25, -0.2) is 15.0 Å². The van der Waals surface area contributed by atoms with Crippen molar-refractivity contribution in [3.63, 3.8) is 0 Å². The molecule has 3 N–H and O–H groups in total. The molecular formula is C22H15N9O. The second-order valence-electron chi connectivity index (χ2n) is 7.67. The molecule has 10 nitrogen and oxygen atoms in total. The maximum atomic E-state index is 12.1. The molecular weight excluding hydrogens is 406 g/mol. The molecule has 0 saturated heterocycles. The van der Waals surface area contributed by atoms with Crippen molar-refractivity contribution in [2.45, 2.75) is 12.8 Å². The quantitative estimate of drug-likeness (QED) is 0.403. The summed E-state index contributed by atoms with van der Waals surface area (Å²) in [5, 5.41) is 20.3. The minimum absolute atomic E-state index is 0.0323. The van der Waals surface area contributed by atoms with Gasteiger partial charge in [0.2, 0.25) is 5.91 Å². The number of nitrogens with zero attached hydrogens (tertiary/aromatic N) is 6. The van der Waals surface area contributed by atoms with Crippen LogP contribution in [0, 0.1) is 17.2 Å². The Morgan fingerprint density at radius 2 is 2.00 bits per heavy atom. The Bertz CT molecular complexity index is 1560. The van der Waals surface area contributed by atoms with Gasteiger partial charge >= 0.3 is 0 Å². The van der Waals surface area contributed by atoms with Crippen LogP contribution in [0.1, 0.15) is 18.4 Å². The number of H-pyrrole nitrogens is 2. The Kier molecular flexibility index (Phi) is 3.94. The van der Waals surface area contributed by atoms with E-state index in [1.165, 1.54) is 0 Å². The number of carbonyl (C=O) groups excluding carboxylic acids is 1. The van der Waals surface area contributed by atoms with Gasteiger partial charge in [0.1, 0.15) is 17.3 Å². The molecule has 0 aromatic carbocycles. The number of hydrogen-bond donors (Lipinski definition) is 3. The number of nitrogens with one attached hydrogen (secondary N) is 3. The fourth-order valence-electron chi connectivity index (χ4n) is 3.62. The molecule has 32 heavy (non-hydrogen) atoms. The van der Waals surface area contributed by atoms with Crippen molar-refractivity contribution >= 4 is 33.8 Å². The van der Waals surface area contributed by atoms with Gasteiger partial charge in [-0.3, -0.25) is 14.9 Å². The summed E-state index contributed by atoms with van der Waals surface area (Å²) in [6.07, 6.45) is 8.50. The first-order valence-corrected chi connectivity index (χ1v) is 10.1. The highest BCUT2D eigenvalue weighted by molar-refractivity contribution is 5.96. The molecule has 1 aliphatic rings. The topological polar surface area (TPSA) is 149 Å². The molecule has 1 aliphatic carbocycles. The number of carbonyl (C=O) groups is 1. The average molecular weight is 421 g/mol. The Labute approximate surface area is 180 Å². The van der Waals surface area contributed by atoms with E-state index >= 15 is 0 Å². The fourth-order valence-corrected chi connectivity index (χ4v) is 3.62. The van der Waals surface area contributed by atoms with Crippen LogP contribution in [-0.4, -0.2) is 41.0 Å². The summed E-state index contributed by atoms with van der Waals surface area (Å²) < 4.78 is 0. The molecule has 1 fully saturated rings. The Morgan fingerprint density at radius 1 is 1.12 bits per heavy atom. The zero-order chi connectivity index (χ0) is 21.7. The largest absolute Gasteiger partial charge is 0.334 e. The van der Waals surface area contributed by atoms with Gasteiger partial charge < -0.3 is 10.3 Å². The lowest BCUT2D eigenvalue weighted by molar-refractivity contribution is -0.117. The maximum absolute atomic E-state index is 12.1. The lowest BCUT2D eigenvalue weighted by Crippen LogP contribution is -2.13. The van der Waals surface area contributed by atoms with Gasteiger partial charge in [-0.15, -0.1) is 0 Å². The first-order valence-electron chi connectivity index (χ1n) is 10.1. The number of aromatic nitrogens is 7. The van der Waals surface area contributed by atoms with Crippen LogP contribution in [-0.2, 0) is 4.79 Å². The number of nitriles is 1. The van der Waals surface area contributed by atoms with E-state index in [0.717, 1.165) is 29.4 Å². The lowest BCUT2D eigenvalue weighted by Gasteiger charge is -2.06. The smallest absolute Gasteiger partial charge is 0.227 e. The number of amides is 1. The van der Waals surface area contributed by atoms with E-state index < -0.39 is 0 Å². The Balaban J connectivity index is 1.41. The number of pyridine rings is 3. The van der Waals surface area contributed by atoms with Crippen LogP contribution >= 0.6 is 0 Å². The van der Waals surface area contributed by atoms with Crippen LogP contribution in [0.2, 0.25) is 0 Å². The van der Waals surface area contributed by atoms with Crippen molar-refractivity contribution in [2.75, 3.05) is 5.32 Å². The maximum Gasteiger partial charge on any atom is 0.227 e. The highest BCUT2D eigenvalue weighted by Gasteiger charge is 2.29. The first-order chi connectivity index (χ1) is 15.7. The van der Waals surface area contributed by atoms with E-state index in [2.05, 4.69) is 46.5 Å². The monoisotopic (exact) mass is 421 g/mol. The molecule has 5 aromatic heterocycles. The normalized spacial score (nSPS) is 13.3. The number of anilines is 1. The second-order valence-corrected chi connectivity index (χ2v) is 7.67. The molecule has 5 aromatic rings. The van der Waals surface area contributed by atoms with E-state index in [1.807, 2.05) is 12.1 Å². The van der Waals surface area contributed by atoms with Crippen LogP contribution in [0.3, 0.4) is 0 Å². The van der Waals surface area contributed by atoms with Crippen LogP contribution in [0.4, 0.5) is 5.69 Å². The summed E-state index contributed by atoms with van der Waals surface area (Å²) in [5.74, 6) is 0.662. The van der Waals surface area contributed by atoms with Crippen LogP contribution in [0.5, 0.6) is 0 Å². The number of rotatable bonds is 4. The molecule has 0 aliphatic heterocycles. The zero-order valence-corrected chi connectivity index (χ0v) is 16.6. The minimum Gasteiger partial charge on any atom is -0.334 e. The molecule has 6 rings (SSSR count). The third-order valence-electron chi connectivity index (χ3n) is 5.45. The zero-order valence-electron chi connectivity index (χ0n) is 16.6. The van der Waals surface area contributed by atoms with Crippen molar-refractivity contribution in [3.05, 3.63) is 48.5 Å². The minimum atomic E-state index is 0.0323. The molecule has 10 heteroatoms. The molecule has 0 spiro atoms. The lowest BCUT2D eigenvalue weighted by atomic mass is 10.1. The Hall–Kier alpha value is -4.65. The van der Waals surface area contributed by atoms with E-state index in [9.17, 15) is 10.1 Å². The van der Waals surface area contributed by atoms with Crippen molar-refractivity contribution in [3.8, 4) is 28.7 Å². The van der Waals surface area contributed by atoms with Gasteiger partial charge in [0.05, 0.1) is 22.8 Å². The number of imidazole rings is 1. The predicted octanol–water partition coefficient (Wildman–Crippen LogP) is 3.18. The molecule has 0 bridgehead atoms. The number of aromatic amines is 2. The summed E-state index contributed by atoms with van der Waals surface area (Å²) >= 11 is 0. The van der Waals surface area contributed by atoms with Gasteiger partial charge in [-0.05, 0) is 31.0 Å². The van der Waals surface area contributed by atoms with Gasteiger partial charge in [0.25, 0.3) is 0 Å². The van der Waals surface area contributed by atoms with Crippen LogP contribution < -0.4 is 5.32 Å². The summed E-state index contributed by atoms with van der Waals surface area (Å²) in [6.45, 7) is 0. The SMILES string of the molecule is N#Cc1ccnc2nc(-c3[nH]nc4ncc(-c5cncc(NC(=O)C6CC6)c5)cc34)[nH]c12. The molecule has 0 unspecified atom stereocenters. The summed E-state index contributed by atoms with van der Waals surface area (Å²) in [5.41, 5.74) is 4.95. The molecule has 154 valence electrons. The van der Waals surface area contributed by atoms with E-state index in [0.29, 0.717) is 39.6 Å². The van der Waals surface area contributed by atoms with Crippen LogP contribution in [0.25, 0.3) is 44.8 Å². The van der Waals surface area contributed by atoms with Gasteiger partial charge in [0.15, 0.2) is 17.1 Å². The highest BCUT2D eigenvalue weighted by atomic mass is 16.2. The van der Waals surface area contributed by atoms with Crippen molar-refractivity contribution in [1.29, 1.82) is 5.26 Å². The van der Waals surface area contributed by atoms with E-state index in [4.69, 9.17) is 0 Å². The third-order valence-corrected chi connectivity index (χ3v) is 5.45. The fraction of sp³-hybridized carbons (Fsp3) is 0.136. The summed E-state index contributed by atoms with van der Waals surface area (Å²) in [4.78, 5) is 32.7. The van der Waals surface area contributed by atoms with Gasteiger partial charge in [-0.1, -0.05) is 0 Å².